The van der Waals surface area contributed by atoms with Gasteiger partial charge in [-0.1, -0.05) is 87.5 Å². The number of carbonyl (C=O) groups excluding carboxylic acids is 7. The molecule has 3 aromatic carbocycles. The van der Waals surface area contributed by atoms with Crippen molar-refractivity contribution in [3.05, 3.63) is 106 Å². The van der Waals surface area contributed by atoms with Gasteiger partial charge in [0.1, 0.15) is 23.7 Å². The van der Waals surface area contributed by atoms with E-state index in [9.17, 15) is 38.7 Å². The van der Waals surface area contributed by atoms with Gasteiger partial charge in [0.25, 0.3) is 0 Å². The first-order valence-corrected chi connectivity index (χ1v) is 28.8. The summed E-state index contributed by atoms with van der Waals surface area (Å²) in [5.74, 6) is -2.43. The Hall–Kier alpha value is -6.83. The average Bonchev–Trinajstić information content (AvgIpc) is 4.10. The molecule has 2 unspecified atom stereocenters. The number of aryl methyl sites for hydroxylation is 2. The van der Waals surface area contributed by atoms with Crippen molar-refractivity contribution in [2.24, 2.45) is 33.9 Å². The number of primary amides is 1. The fourth-order valence-electron chi connectivity index (χ4n) is 11.4. The van der Waals surface area contributed by atoms with Gasteiger partial charge in [0.2, 0.25) is 35.4 Å². The molecular formula is C61H78N8O10S. The number of β-amino-alcohol motifs (C(OH)–C–C–N with tert-alkyl or cyclic N) is 1. The number of benzene rings is 3. The van der Waals surface area contributed by atoms with Gasteiger partial charge in [0.15, 0.2) is 0 Å². The molecule has 1 aliphatic carbocycles. The number of aliphatic imine (C=N–C) groups is 1. The predicted octanol–water partition coefficient (Wildman–Crippen LogP) is 7.07. The third kappa shape index (κ3) is 14.9. The van der Waals surface area contributed by atoms with E-state index in [2.05, 4.69) is 38.1 Å². The van der Waals surface area contributed by atoms with Crippen LogP contribution in [0.5, 0.6) is 0 Å². The van der Waals surface area contributed by atoms with Gasteiger partial charge in [-0.15, -0.1) is 11.3 Å². The highest BCUT2D eigenvalue weighted by Gasteiger charge is 2.46. The molecule has 4 heterocycles. The molecule has 1 aromatic heterocycles. The largest absolute Gasteiger partial charge is 0.442 e. The lowest BCUT2D eigenvalue weighted by Gasteiger charge is -2.37. The van der Waals surface area contributed by atoms with Crippen molar-refractivity contribution in [1.29, 1.82) is 0 Å². The second kappa shape index (κ2) is 25.3. The number of nitrogens with two attached hydrogens (primary N) is 1. The van der Waals surface area contributed by atoms with E-state index >= 15 is 0 Å². The van der Waals surface area contributed by atoms with Gasteiger partial charge >= 0.3 is 6.09 Å². The molecule has 4 aliphatic rings. The number of amides is 7. The number of hydrogen-bond acceptors (Lipinski definition) is 12. The lowest BCUT2D eigenvalue weighted by Crippen LogP contribution is -2.58. The summed E-state index contributed by atoms with van der Waals surface area (Å²) in [6, 6.07) is 18.6. The first-order valence-electron chi connectivity index (χ1n) is 27.9. The maximum Gasteiger partial charge on any atom is 0.433 e. The Labute approximate surface area is 473 Å². The molecule has 3 aliphatic heterocycles. The molecule has 6 N–H and O–H groups in total. The van der Waals surface area contributed by atoms with Crippen LogP contribution in [0.1, 0.15) is 127 Å². The third-order valence-corrected chi connectivity index (χ3v) is 16.7. The standard InChI is InChI=1S/C61H78N8O10S/c1-35-53(80-34-65-35)43-18-16-38(17-19-43)30-63-55(73)48-29-46(70)32-68(48)58(76)54(60(3,4)5)67-51(72)27-41-25-40(26-41)24-37-12-14-39(15-13-37)33-78-36(2)47(22-23-50(62)71)66-56(74)49-28-44-11-9-10-42-20-21-45(57(75)69(49)52(42)44)31-64-59(77)79-61(6,7)8/h9-19,31,34,36,40-41,45-49,54,70H,20-30,32-33H2,1-8H3,(H2,62,71)(H,63,73)(H,66,74)(H,67,72)/b64-31+/t36-,40?,41?,45?,46-,47+,48+,49+,54?/m1/s1. The zero-order chi connectivity index (χ0) is 57.6. The summed E-state index contributed by atoms with van der Waals surface area (Å²) in [5.41, 5.74) is 13.5. The number of carbonyl (C=O) groups is 7. The van der Waals surface area contributed by atoms with Crippen molar-refractivity contribution < 1.29 is 48.1 Å². The number of thiazole rings is 1. The number of aliphatic hydroxyl groups is 1. The van der Waals surface area contributed by atoms with E-state index in [1.165, 1.54) is 11.1 Å². The lowest BCUT2D eigenvalue weighted by molar-refractivity contribution is -0.144. The first-order chi connectivity index (χ1) is 37.9. The minimum atomic E-state index is -0.903. The van der Waals surface area contributed by atoms with Crippen molar-refractivity contribution >= 4 is 64.8 Å². The summed E-state index contributed by atoms with van der Waals surface area (Å²) in [7, 11) is 0. The molecule has 19 heteroatoms. The van der Waals surface area contributed by atoms with Gasteiger partial charge in [0, 0.05) is 45.0 Å². The molecule has 0 radical (unpaired) electrons. The van der Waals surface area contributed by atoms with Crippen LogP contribution >= 0.6 is 11.3 Å². The van der Waals surface area contributed by atoms with E-state index in [4.69, 9.17) is 15.2 Å². The van der Waals surface area contributed by atoms with Gasteiger partial charge in [-0.25, -0.2) is 9.78 Å². The number of nitrogens with one attached hydrogen (secondary N) is 3. The summed E-state index contributed by atoms with van der Waals surface area (Å²) in [6.45, 7) is 15.1. The molecule has 8 rings (SSSR count). The number of likely N-dealkylation sites (tertiary alicyclic amines) is 1. The van der Waals surface area contributed by atoms with E-state index in [0.717, 1.165) is 63.2 Å². The van der Waals surface area contributed by atoms with E-state index < -0.39 is 77.1 Å². The normalized spacial score (nSPS) is 21.9. The van der Waals surface area contributed by atoms with Gasteiger partial charge in [-0.05, 0) is 124 Å². The van der Waals surface area contributed by atoms with Crippen LogP contribution in [0.2, 0.25) is 0 Å². The van der Waals surface area contributed by atoms with Crippen LogP contribution in [0.25, 0.3) is 10.4 Å². The number of hydrogen-bond donors (Lipinski definition) is 5. The zero-order valence-electron chi connectivity index (χ0n) is 47.3. The van der Waals surface area contributed by atoms with E-state index in [1.807, 2.05) is 94.7 Å². The summed E-state index contributed by atoms with van der Waals surface area (Å²) in [4.78, 5) is 107. The first kappa shape index (κ1) is 59.3. The summed E-state index contributed by atoms with van der Waals surface area (Å²) >= 11 is 1.57. The molecule has 1 saturated carbocycles. The van der Waals surface area contributed by atoms with E-state index in [0.29, 0.717) is 30.9 Å². The van der Waals surface area contributed by atoms with Gasteiger partial charge < -0.3 is 41.2 Å². The molecule has 0 spiro atoms. The summed E-state index contributed by atoms with van der Waals surface area (Å²) in [5, 5.41) is 19.8. The number of aliphatic hydroxyl groups excluding tert-OH is 1. The maximum absolute atomic E-state index is 14.3. The van der Waals surface area contributed by atoms with Gasteiger partial charge in [0.05, 0.1) is 52.5 Å². The third-order valence-electron chi connectivity index (χ3n) is 15.7. The van der Waals surface area contributed by atoms with Crippen molar-refractivity contribution in [3.63, 3.8) is 0 Å². The molecule has 80 heavy (non-hydrogen) atoms. The van der Waals surface area contributed by atoms with Crippen LogP contribution < -0.4 is 26.6 Å². The number of nitrogens with zero attached hydrogens (tertiary/aromatic N) is 4. The molecule has 1 saturated heterocycles. The van der Waals surface area contributed by atoms with Crippen molar-refractivity contribution in [2.45, 2.75) is 175 Å². The number of anilines is 1. The second-order valence-electron chi connectivity index (χ2n) is 24.3. The van der Waals surface area contributed by atoms with E-state index in [-0.39, 0.29) is 69.0 Å². The van der Waals surface area contributed by atoms with Gasteiger partial charge in [-0.2, -0.15) is 4.99 Å². The van der Waals surface area contributed by atoms with Gasteiger partial charge in [-0.3, -0.25) is 33.7 Å². The molecule has 18 nitrogen and oxygen atoms in total. The minimum Gasteiger partial charge on any atom is -0.442 e. The summed E-state index contributed by atoms with van der Waals surface area (Å²) in [6.07, 6.45) is 3.55. The molecular weight excluding hydrogens is 1040 g/mol. The Kier molecular flexibility index (Phi) is 18.8. The Bertz CT molecular complexity index is 2940. The fraction of sp³-hybridized carbons (Fsp3) is 0.525. The SMILES string of the molecule is Cc1ncsc1-c1ccc(CNC(=O)[C@@H]2C[C@@H](O)CN2C(=O)C(NC(=O)CC2CC(Cc3ccc(CO[C@H](C)[C@H](CCC(N)=O)NC(=O)[C@@H]4Cc5cccc6c5N4C(=O)C(/C=N/C(=O)OC(C)(C)C)CC6)cc3)C2)C(C)(C)C)cc1. The number of rotatable bonds is 20. The monoisotopic (exact) mass is 1110 g/mol. The molecule has 4 aromatic rings. The van der Waals surface area contributed by atoms with Crippen LogP contribution in [-0.2, 0) is 70.7 Å². The Morgan fingerprint density at radius 3 is 2.24 bits per heavy atom. The number of aromatic nitrogens is 1. The molecule has 7 amide bonds. The predicted molar refractivity (Wildman–Crippen MR) is 305 cm³/mol. The number of para-hydroxylation sites is 1. The van der Waals surface area contributed by atoms with Crippen molar-refractivity contribution in [1.82, 2.24) is 25.8 Å². The van der Waals surface area contributed by atoms with Crippen LogP contribution in [0, 0.1) is 30.1 Å². The molecule has 0 bridgehead atoms. The quantitative estimate of drug-likeness (QED) is 0.0560. The Morgan fingerprint density at radius 1 is 0.887 bits per heavy atom. The summed E-state index contributed by atoms with van der Waals surface area (Å²) < 4.78 is 11.7. The second-order valence-corrected chi connectivity index (χ2v) is 25.1. The van der Waals surface area contributed by atoms with Crippen molar-refractivity contribution in [3.8, 4) is 10.4 Å². The Morgan fingerprint density at radius 2 is 1.57 bits per heavy atom. The molecule has 7 atom stereocenters. The molecule has 2 fully saturated rings. The number of ether oxygens (including phenoxy) is 2. The smallest absolute Gasteiger partial charge is 0.433 e. The highest BCUT2D eigenvalue weighted by molar-refractivity contribution is 7.13. The van der Waals surface area contributed by atoms with E-state index in [1.54, 1.807) is 37.0 Å². The zero-order valence-corrected chi connectivity index (χ0v) is 48.1. The highest BCUT2D eigenvalue weighted by Crippen LogP contribution is 2.41. The van der Waals surface area contributed by atoms with Crippen LogP contribution in [0.4, 0.5) is 10.5 Å². The van der Waals surface area contributed by atoms with Crippen LogP contribution in [0.15, 0.2) is 77.2 Å². The minimum absolute atomic E-state index is 0.000250. The average molecular weight is 1120 g/mol. The topological polar surface area (TPSA) is 252 Å². The maximum atomic E-state index is 14.3. The fourth-order valence-corrected chi connectivity index (χ4v) is 12.2. The molecule has 428 valence electrons. The van der Waals surface area contributed by atoms with Crippen molar-refractivity contribution in [2.75, 3.05) is 11.4 Å². The van der Waals surface area contributed by atoms with Crippen LogP contribution in [-0.4, -0.2) is 111 Å². The van der Waals surface area contributed by atoms with Crippen LogP contribution in [0.3, 0.4) is 0 Å². The highest BCUT2D eigenvalue weighted by atomic mass is 32.1. The lowest BCUT2D eigenvalue weighted by atomic mass is 9.70. The Balaban J connectivity index is 0.797.